The summed E-state index contributed by atoms with van der Waals surface area (Å²) >= 11 is 0. The van der Waals surface area contributed by atoms with Gasteiger partial charge in [0.15, 0.2) is 0 Å². The van der Waals surface area contributed by atoms with Crippen LogP contribution in [0.25, 0.3) is 11.5 Å². The van der Waals surface area contributed by atoms with Crippen LogP contribution in [0.15, 0.2) is 65.1 Å². The second-order valence-corrected chi connectivity index (χ2v) is 6.14. The first-order chi connectivity index (χ1) is 13.6. The van der Waals surface area contributed by atoms with Gasteiger partial charge in [-0.05, 0) is 31.0 Å². The van der Waals surface area contributed by atoms with Crippen molar-refractivity contribution in [2.45, 2.75) is 26.2 Å². The SMILES string of the molecule is CCOC(=O)c1nc(-c2ccccc2)oc1NC(=O)C(CC)c1ccccc1. The lowest BCUT2D eigenvalue weighted by molar-refractivity contribution is -0.117. The number of carbonyl (C=O) groups is 2. The number of anilines is 1. The number of aromatic nitrogens is 1. The summed E-state index contributed by atoms with van der Waals surface area (Å²) < 4.78 is 10.8. The van der Waals surface area contributed by atoms with E-state index in [4.69, 9.17) is 9.15 Å². The molecular formula is C22H22N2O4. The Morgan fingerprint density at radius 3 is 2.29 bits per heavy atom. The highest BCUT2D eigenvalue weighted by molar-refractivity contribution is 6.01. The third kappa shape index (κ3) is 4.28. The Morgan fingerprint density at radius 1 is 1.04 bits per heavy atom. The number of nitrogens with zero attached hydrogens (tertiary/aromatic N) is 1. The van der Waals surface area contributed by atoms with E-state index in [0.29, 0.717) is 12.0 Å². The highest BCUT2D eigenvalue weighted by Crippen LogP contribution is 2.28. The van der Waals surface area contributed by atoms with Crippen molar-refractivity contribution in [3.8, 4) is 11.5 Å². The number of ether oxygens (including phenoxy) is 1. The van der Waals surface area contributed by atoms with Gasteiger partial charge in [-0.25, -0.2) is 4.79 Å². The van der Waals surface area contributed by atoms with Gasteiger partial charge >= 0.3 is 5.97 Å². The number of oxazole rings is 1. The van der Waals surface area contributed by atoms with Crippen molar-refractivity contribution >= 4 is 17.8 Å². The molecule has 1 unspecified atom stereocenters. The average molecular weight is 378 g/mol. The Labute approximate surface area is 163 Å². The molecule has 1 N–H and O–H groups in total. The molecule has 6 heteroatoms. The van der Waals surface area contributed by atoms with Crippen LogP contribution in [0.4, 0.5) is 5.88 Å². The minimum absolute atomic E-state index is 0.00307. The summed E-state index contributed by atoms with van der Waals surface area (Å²) in [6.45, 7) is 3.83. The number of amides is 1. The minimum Gasteiger partial charge on any atom is -0.461 e. The first-order valence-electron chi connectivity index (χ1n) is 9.23. The van der Waals surface area contributed by atoms with E-state index < -0.39 is 5.97 Å². The molecule has 0 bridgehead atoms. The molecule has 1 atom stereocenters. The van der Waals surface area contributed by atoms with E-state index in [0.717, 1.165) is 5.56 Å². The van der Waals surface area contributed by atoms with Crippen LogP contribution in [-0.2, 0) is 9.53 Å². The van der Waals surface area contributed by atoms with E-state index in [1.54, 1.807) is 6.92 Å². The first kappa shape index (κ1) is 19.4. The van der Waals surface area contributed by atoms with Crippen molar-refractivity contribution < 1.29 is 18.7 Å². The molecule has 6 nitrogen and oxygen atoms in total. The zero-order valence-electron chi connectivity index (χ0n) is 15.8. The Balaban J connectivity index is 1.92. The van der Waals surface area contributed by atoms with Gasteiger partial charge in [0.25, 0.3) is 0 Å². The lowest BCUT2D eigenvalue weighted by atomic mass is 9.96. The number of hydrogen-bond donors (Lipinski definition) is 1. The Bertz CT molecular complexity index is 936. The molecule has 0 aliphatic heterocycles. The number of nitrogens with one attached hydrogen (secondary N) is 1. The summed E-state index contributed by atoms with van der Waals surface area (Å²) in [5.41, 5.74) is 1.54. The fourth-order valence-electron chi connectivity index (χ4n) is 2.90. The summed E-state index contributed by atoms with van der Waals surface area (Å²) in [6.07, 6.45) is 0.601. The monoisotopic (exact) mass is 378 g/mol. The van der Waals surface area contributed by atoms with Crippen molar-refractivity contribution in [2.75, 3.05) is 11.9 Å². The van der Waals surface area contributed by atoms with E-state index in [1.165, 1.54) is 0 Å². The lowest BCUT2D eigenvalue weighted by Gasteiger charge is -2.14. The molecule has 3 rings (SSSR count). The highest BCUT2D eigenvalue weighted by atomic mass is 16.5. The molecule has 2 aromatic carbocycles. The summed E-state index contributed by atoms with van der Waals surface area (Å²) in [5.74, 6) is -1.04. The Morgan fingerprint density at radius 2 is 1.68 bits per heavy atom. The highest BCUT2D eigenvalue weighted by Gasteiger charge is 2.26. The second kappa shape index (κ2) is 8.99. The van der Waals surface area contributed by atoms with Gasteiger partial charge in [-0.3, -0.25) is 10.1 Å². The van der Waals surface area contributed by atoms with E-state index in [-0.39, 0.29) is 35.9 Å². The van der Waals surface area contributed by atoms with Crippen LogP contribution in [0.1, 0.15) is 42.2 Å². The second-order valence-electron chi connectivity index (χ2n) is 6.14. The molecule has 0 spiro atoms. The van der Waals surface area contributed by atoms with Crippen LogP contribution in [0, 0.1) is 0 Å². The molecular weight excluding hydrogens is 356 g/mol. The molecule has 1 amide bonds. The third-order valence-electron chi connectivity index (χ3n) is 4.28. The molecule has 0 saturated heterocycles. The Kier molecular flexibility index (Phi) is 6.22. The van der Waals surface area contributed by atoms with Crippen LogP contribution in [0.5, 0.6) is 0 Å². The lowest BCUT2D eigenvalue weighted by Crippen LogP contribution is -2.22. The molecule has 1 aromatic heterocycles. The van der Waals surface area contributed by atoms with Gasteiger partial charge in [-0.1, -0.05) is 55.5 Å². The van der Waals surface area contributed by atoms with E-state index in [1.807, 2.05) is 67.6 Å². The fourth-order valence-corrected chi connectivity index (χ4v) is 2.90. The average Bonchev–Trinajstić information content (AvgIpc) is 3.14. The van der Waals surface area contributed by atoms with Gasteiger partial charge in [0, 0.05) is 5.56 Å². The quantitative estimate of drug-likeness (QED) is 0.605. The summed E-state index contributed by atoms with van der Waals surface area (Å²) in [6, 6.07) is 18.6. The molecule has 3 aromatic rings. The van der Waals surface area contributed by atoms with Crippen molar-refractivity contribution in [1.82, 2.24) is 4.98 Å². The molecule has 1 heterocycles. The molecule has 0 radical (unpaired) electrons. The van der Waals surface area contributed by atoms with Gasteiger partial charge in [-0.15, -0.1) is 0 Å². The van der Waals surface area contributed by atoms with Crippen molar-refractivity contribution in [1.29, 1.82) is 0 Å². The van der Waals surface area contributed by atoms with E-state index in [9.17, 15) is 9.59 Å². The predicted octanol–water partition coefficient (Wildman–Crippen LogP) is 4.65. The minimum atomic E-state index is -0.642. The number of benzene rings is 2. The number of carbonyl (C=O) groups excluding carboxylic acids is 2. The van der Waals surface area contributed by atoms with E-state index >= 15 is 0 Å². The maximum atomic E-state index is 12.9. The van der Waals surface area contributed by atoms with Crippen LogP contribution in [0.2, 0.25) is 0 Å². The molecule has 0 aliphatic carbocycles. The molecule has 144 valence electrons. The largest absolute Gasteiger partial charge is 0.461 e. The van der Waals surface area contributed by atoms with Crippen LogP contribution in [-0.4, -0.2) is 23.5 Å². The van der Waals surface area contributed by atoms with Crippen molar-refractivity contribution in [3.63, 3.8) is 0 Å². The fraction of sp³-hybridized carbons (Fsp3) is 0.227. The third-order valence-corrected chi connectivity index (χ3v) is 4.28. The number of hydrogen-bond acceptors (Lipinski definition) is 5. The van der Waals surface area contributed by atoms with Crippen LogP contribution >= 0.6 is 0 Å². The van der Waals surface area contributed by atoms with Crippen molar-refractivity contribution in [2.24, 2.45) is 0 Å². The Hall–Kier alpha value is -3.41. The maximum absolute atomic E-state index is 12.9. The molecule has 0 aliphatic rings. The predicted molar refractivity (Wildman–Crippen MR) is 106 cm³/mol. The zero-order chi connectivity index (χ0) is 19.9. The van der Waals surface area contributed by atoms with Gasteiger partial charge < -0.3 is 9.15 Å². The maximum Gasteiger partial charge on any atom is 0.362 e. The van der Waals surface area contributed by atoms with Gasteiger partial charge in [-0.2, -0.15) is 4.98 Å². The summed E-state index contributed by atoms with van der Waals surface area (Å²) in [7, 11) is 0. The van der Waals surface area contributed by atoms with Gasteiger partial charge in [0.05, 0.1) is 12.5 Å². The topological polar surface area (TPSA) is 81.4 Å². The first-order valence-corrected chi connectivity index (χ1v) is 9.23. The molecule has 0 saturated carbocycles. The number of esters is 1. The van der Waals surface area contributed by atoms with Gasteiger partial charge in [0.1, 0.15) is 0 Å². The normalized spacial score (nSPS) is 11.6. The summed E-state index contributed by atoms with van der Waals surface area (Å²) in [5, 5.41) is 2.72. The van der Waals surface area contributed by atoms with E-state index in [2.05, 4.69) is 10.3 Å². The van der Waals surface area contributed by atoms with Crippen molar-refractivity contribution in [3.05, 3.63) is 71.9 Å². The zero-order valence-corrected chi connectivity index (χ0v) is 15.8. The number of rotatable bonds is 7. The van der Waals surface area contributed by atoms with Gasteiger partial charge in [0.2, 0.25) is 23.4 Å². The molecule has 0 fully saturated rings. The standard InChI is InChI=1S/C22H22N2O4/c1-3-17(15-11-7-5-8-12-15)19(25)24-21-18(22(26)27-4-2)23-20(28-21)16-13-9-6-10-14-16/h5-14,17H,3-4H2,1-2H3,(H,24,25). The van der Waals surface area contributed by atoms with Crippen LogP contribution < -0.4 is 5.32 Å². The summed E-state index contributed by atoms with van der Waals surface area (Å²) in [4.78, 5) is 29.4. The molecule has 28 heavy (non-hydrogen) atoms. The van der Waals surface area contributed by atoms with Crippen LogP contribution in [0.3, 0.4) is 0 Å². The smallest absolute Gasteiger partial charge is 0.362 e.